The number of hydrogen-bond donors (Lipinski definition) is 2. The zero-order valence-electron chi connectivity index (χ0n) is 17.5. The van der Waals surface area contributed by atoms with Gasteiger partial charge in [0.05, 0.1) is 7.11 Å². The average molecular weight is 418 g/mol. The van der Waals surface area contributed by atoms with Crippen molar-refractivity contribution in [2.24, 2.45) is 0 Å². The molecule has 3 aromatic rings. The maximum Gasteiger partial charge on any atom is 0.246 e. The molecule has 0 fully saturated rings. The third-order valence-electron chi connectivity index (χ3n) is 5.10. The first-order valence-electron chi connectivity index (χ1n) is 10.3. The fraction of sp³-hybridized carbons (Fsp3) is 0.240. The van der Waals surface area contributed by atoms with Crippen LogP contribution in [0.5, 0.6) is 17.2 Å². The molecule has 0 aliphatic carbocycles. The van der Waals surface area contributed by atoms with Gasteiger partial charge in [-0.05, 0) is 41.8 Å². The van der Waals surface area contributed by atoms with Crippen LogP contribution in [-0.2, 0) is 11.2 Å². The van der Waals surface area contributed by atoms with Gasteiger partial charge in [0.1, 0.15) is 25.0 Å². The number of carbonyl (C=O) groups is 1. The number of anilines is 1. The van der Waals surface area contributed by atoms with E-state index in [1.54, 1.807) is 13.2 Å². The molecule has 0 aromatic heterocycles. The van der Waals surface area contributed by atoms with Gasteiger partial charge < -0.3 is 24.8 Å². The molecule has 31 heavy (non-hydrogen) atoms. The highest BCUT2D eigenvalue weighted by atomic mass is 16.6. The van der Waals surface area contributed by atoms with Crippen molar-refractivity contribution in [1.29, 1.82) is 0 Å². The third kappa shape index (κ3) is 5.35. The Hall–Kier alpha value is -3.51. The molecular weight excluding hydrogens is 392 g/mol. The molecule has 1 aliphatic heterocycles. The molecular formula is C25H26N2O4. The predicted molar refractivity (Wildman–Crippen MR) is 120 cm³/mol. The molecule has 1 amide bonds. The van der Waals surface area contributed by atoms with Crippen molar-refractivity contribution in [3.63, 3.8) is 0 Å². The number of fused-ring (bicyclic) bond motifs is 1. The van der Waals surface area contributed by atoms with E-state index < -0.39 is 6.04 Å². The summed E-state index contributed by atoms with van der Waals surface area (Å²) in [7, 11) is 1.60. The minimum atomic E-state index is -0.482. The van der Waals surface area contributed by atoms with Gasteiger partial charge in [-0.1, -0.05) is 42.5 Å². The normalized spacial score (nSPS) is 13.3. The second-order valence-corrected chi connectivity index (χ2v) is 7.25. The minimum absolute atomic E-state index is 0.123. The van der Waals surface area contributed by atoms with Gasteiger partial charge >= 0.3 is 0 Å². The standard InChI is InChI=1S/C25H26N2O4/c1-29-21-9-5-8-20(17-21)27-25(28)24(19-6-3-2-4-7-19)26-13-12-18-10-11-22-23(16-18)31-15-14-30-22/h2-11,16-17,24,26H,12-15H2,1H3,(H,27,28)/t24-/m1/s1. The van der Waals surface area contributed by atoms with E-state index in [-0.39, 0.29) is 5.91 Å². The van der Waals surface area contributed by atoms with E-state index >= 15 is 0 Å². The van der Waals surface area contributed by atoms with Crippen LogP contribution in [0.15, 0.2) is 72.8 Å². The Morgan fingerprint density at radius 2 is 1.77 bits per heavy atom. The zero-order chi connectivity index (χ0) is 21.5. The largest absolute Gasteiger partial charge is 0.497 e. The van der Waals surface area contributed by atoms with Crippen LogP contribution >= 0.6 is 0 Å². The first-order valence-corrected chi connectivity index (χ1v) is 10.3. The van der Waals surface area contributed by atoms with E-state index in [2.05, 4.69) is 10.6 Å². The highest BCUT2D eigenvalue weighted by Crippen LogP contribution is 2.30. The molecule has 1 atom stereocenters. The van der Waals surface area contributed by atoms with Crippen molar-refractivity contribution in [2.75, 3.05) is 32.2 Å². The summed E-state index contributed by atoms with van der Waals surface area (Å²) in [6, 6.07) is 22.5. The SMILES string of the molecule is COc1cccc(NC(=O)[C@H](NCCc2ccc3c(c2)OCCO3)c2ccccc2)c1. The lowest BCUT2D eigenvalue weighted by Gasteiger charge is -2.20. The Morgan fingerprint density at radius 3 is 2.58 bits per heavy atom. The van der Waals surface area contributed by atoms with Crippen molar-refractivity contribution in [1.82, 2.24) is 5.32 Å². The Balaban J connectivity index is 1.43. The summed E-state index contributed by atoms with van der Waals surface area (Å²) in [5.41, 5.74) is 2.72. The van der Waals surface area contributed by atoms with E-state index in [9.17, 15) is 4.79 Å². The number of carbonyl (C=O) groups excluding carboxylic acids is 1. The van der Waals surface area contributed by atoms with Gasteiger partial charge in [-0.15, -0.1) is 0 Å². The van der Waals surface area contributed by atoms with Crippen LogP contribution in [0.4, 0.5) is 5.69 Å². The molecule has 4 rings (SSSR count). The number of benzene rings is 3. The fourth-order valence-electron chi connectivity index (χ4n) is 3.53. The van der Waals surface area contributed by atoms with Crippen LogP contribution < -0.4 is 24.8 Å². The van der Waals surface area contributed by atoms with Crippen LogP contribution in [0, 0.1) is 0 Å². The molecule has 2 N–H and O–H groups in total. The third-order valence-corrected chi connectivity index (χ3v) is 5.10. The second-order valence-electron chi connectivity index (χ2n) is 7.25. The summed E-state index contributed by atoms with van der Waals surface area (Å²) in [5, 5.41) is 6.38. The molecule has 0 saturated heterocycles. The van der Waals surface area contributed by atoms with Gasteiger partial charge in [-0.25, -0.2) is 0 Å². The number of methoxy groups -OCH3 is 1. The van der Waals surface area contributed by atoms with Gasteiger partial charge in [0.25, 0.3) is 0 Å². The summed E-state index contributed by atoms with van der Waals surface area (Å²) >= 11 is 0. The molecule has 0 spiro atoms. The number of rotatable bonds is 8. The lowest BCUT2D eigenvalue weighted by Crippen LogP contribution is -2.34. The van der Waals surface area contributed by atoms with Crippen molar-refractivity contribution in [3.05, 3.63) is 83.9 Å². The summed E-state index contributed by atoms with van der Waals surface area (Å²) in [6.45, 7) is 1.77. The van der Waals surface area contributed by atoms with E-state index in [1.165, 1.54) is 0 Å². The number of hydrogen-bond acceptors (Lipinski definition) is 5. The highest BCUT2D eigenvalue weighted by molar-refractivity contribution is 5.95. The van der Waals surface area contributed by atoms with Crippen molar-refractivity contribution < 1.29 is 19.0 Å². The summed E-state index contributed by atoms with van der Waals surface area (Å²) < 4.78 is 16.5. The van der Waals surface area contributed by atoms with Gasteiger partial charge in [0.15, 0.2) is 11.5 Å². The minimum Gasteiger partial charge on any atom is -0.497 e. The Morgan fingerprint density at radius 1 is 0.968 bits per heavy atom. The molecule has 3 aromatic carbocycles. The van der Waals surface area contributed by atoms with Gasteiger partial charge in [0, 0.05) is 18.3 Å². The van der Waals surface area contributed by atoms with E-state index in [1.807, 2.05) is 66.7 Å². The monoisotopic (exact) mass is 418 g/mol. The Kier molecular flexibility index (Phi) is 6.69. The van der Waals surface area contributed by atoms with Crippen LogP contribution in [0.3, 0.4) is 0 Å². The number of nitrogens with one attached hydrogen (secondary N) is 2. The molecule has 160 valence electrons. The fourth-order valence-corrected chi connectivity index (χ4v) is 3.53. The summed E-state index contributed by atoms with van der Waals surface area (Å²) in [6.07, 6.45) is 0.756. The molecule has 1 aliphatic rings. The van der Waals surface area contributed by atoms with E-state index in [4.69, 9.17) is 14.2 Å². The molecule has 6 heteroatoms. The lowest BCUT2D eigenvalue weighted by molar-refractivity contribution is -0.118. The molecule has 0 radical (unpaired) electrons. The van der Waals surface area contributed by atoms with Crippen LogP contribution in [0.25, 0.3) is 0 Å². The second kappa shape index (κ2) is 10.00. The summed E-state index contributed by atoms with van der Waals surface area (Å²) in [4.78, 5) is 13.1. The molecule has 6 nitrogen and oxygen atoms in total. The van der Waals surface area contributed by atoms with Crippen LogP contribution in [0.2, 0.25) is 0 Å². The first kappa shape index (κ1) is 20.8. The molecule has 0 bridgehead atoms. The van der Waals surface area contributed by atoms with Crippen molar-refractivity contribution in [2.45, 2.75) is 12.5 Å². The Labute approximate surface area is 182 Å². The number of amides is 1. The van der Waals surface area contributed by atoms with Crippen LogP contribution in [-0.4, -0.2) is 32.8 Å². The first-order chi connectivity index (χ1) is 15.2. The maximum atomic E-state index is 13.1. The quantitative estimate of drug-likeness (QED) is 0.579. The van der Waals surface area contributed by atoms with Gasteiger partial charge in [-0.3, -0.25) is 4.79 Å². The van der Waals surface area contributed by atoms with Crippen molar-refractivity contribution >= 4 is 11.6 Å². The molecule has 0 unspecified atom stereocenters. The predicted octanol–water partition coefficient (Wildman–Crippen LogP) is 3.98. The smallest absolute Gasteiger partial charge is 0.246 e. The topological polar surface area (TPSA) is 68.8 Å². The van der Waals surface area contributed by atoms with Gasteiger partial charge in [0.2, 0.25) is 5.91 Å². The molecule has 1 heterocycles. The number of ether oxygens (including phenoxy) is 3. The summed E-state index contributed by atoms with van der Waals surface area (Å²) in [5.74, 6) is 2.13. The maximum absolute atomic E-state index is 13.1. The lowest BCUT2D eigenvalue weighted by atomic mass is 10.0. The van der Waals surface area contributed by atoms with E-state index in [0.717, 1.165) is 29.0 Å². The Bertz CT molecular complexity index is 1020. The van der Waals surface area contributed by atoms with Gasteiger partial charge in [-0.2, -0.15) is 0 Å². The van der Waals surface area contributed by atoms with E-state index in [0.29, 0.717) is 31.2 Å². The average Bonchev–Trinajstić information content (AvgIpc) is 2.82. The highest BCUT2D eigenvalue weighted by Gasteiger charge is 2.20. The van der Waals surface area contributed by atoms with Crippen LogP contribution in [0.1, 0.15) is 17.2 Å². The van der Waals surface area contributed by atoms with Crippen molar-refractivity contribution in [3.8, 4) is 17.2 Å². The molecule has 0 saturated carbocycles. The zero-order valence-corrected chi connectivity index (χ0v) is 17.5.